The molecular weight excluding hydrogens is 270 g/mol. The second-order valence-electron chi connectivity index (χ2n) is 5.09. The average Bonchev–Trinajstić information content (AvgIpc) is 2.98. The first kappa shape index (κ1) is 16.1. The molecule has 1 aliphatic rings. The fourth-order valence-electron chi connectivity index (χ4n) is 2.35. The van der Waals surface area contributed by atoms with Crippen LogP contribution in [0, 0.1) is 0 Å². The lowest BCUT2D eigenvalue weighted by Crippen LogP contribution is -2.44. The van der Waals surface area contributed by atoms with Crippen LogP contribution in [0.1, 0.15) is 13.3 Å². The lowest BCUT2D eigenvalue weighted by atomic mass is 10.0. The van der Waals surface area contributed by atoms with Crippen LogP contribution >= 0.6 is 0 Å². The van der Waals surface area contributed by atoms with Gasteiger partial charge < -0.3 is 24.3 Å². The molecule has 2 rings (SSSR count). The summed E-state index contributed by atoms with van der Waals surface area (Å²) in [5.74, 6) is 1.57. The molecule has 5 heteroatoms. The SMILES string of the molecule is CCOc1ccccc1OCCNCC1(OC)CCOC1. The number of hydrogen-bond acceptors (Lipinski definition) is 5. The molecule has 1 aromatic rings. The van der Waals surface area contributed by atoms with Crippen molar-refractivity contribution >= 4 is 0 Å². The van der Waals surface area contributed by atoms with Gasteiger partial charge in [0, 0.05) is 33.2 Å². The van der Waals surface area contributed by atoms with Crippen LogP contribution in [0.2, 0.25) is 0 Å². The topological polar surface area (TPSA) is 49.0 Å². The summed E-state index contributed by atoms with van der Waals surface area (Å²) in [5, 5.41) is 3.37. The fourth-order valence-corrected chi connectivity index (χ4v) is 2.35. The third kappa shape index (κ3) is 4.59. The molecule has 1 aromatic carbocycles. The van der Waals surface area contributed by atoms with Crippen molar-refractivity contribution in [1.82, 2.24) is 5.32 Å². The van der Waals surface area contributed by atoms with Crippen molar-refractivity contribution in [1.29, 1.82) is 0 Å². The Labute approximate surface area is 126 Å². The summed E-state index contributed by atoms with van der Waals surface area (Å²) in [6, 6.07) is 7.73. The Morgan fingerprint density at radius 1 is 1.24 bits per heavy atom. The molecule has 1 unspecified atom stereocenters. The van der Waals surface area contributed by atoms with Gasteiger partial charge in [-0.3, -0.25) is 0 Å². The first-order valence-corrected chi connectivity index (χ1v) is 7.48. The van der Waals surface area contributed by atoms with Crippen LogP contribution < -0.4 is 14.8 Å². The van der Waals surface area contributed by atoms with E-state index in [0.29, 0.717) is 19.8 Å². The lowest BCUT2D eigenvalue weighted by molar-refractivity contribution is -0.0159. The number of ether oxygens (including phenoxy) is 4. The molecule has 1 atom stereocenters. The van der Waals surface area contributed by atoms with E-state index in [4.69, 9.17) is 18.9 Å². The molecule has 1 saturated heterocycles. The Kier molecular flexibility index (Phi) is 6.29. The van der Waals surface area contributed by atoms with Crippen LogP contribution in [0.5, 0.6) is 11.5 Å². The van der Waals surface area contributed by atoms with Crippen LogP contribution in [-0.2, 0) is 9.47 Å². The molecular formula is C16H25NO4. The summed E-state index contributed by atoms with van der Waals surface area (Å²) in [6.07, 6.45) is 0.935. The zero-order valence-corrected chi connectivity index (χ0v) is 12.9. The van der Waals surface area contributed by atoms with Crippen molar-refractivity contribution in [2.45, 2.75) is 18.9 Å². The highest BCUT2D eigenvalue weighted by molar-refractivity contribution is 5.39. The summed E-state index contributed by atoms with van der Waals surface area (Å²) in [5.41, 5.74) is -0.177. The zero-order valence-electron chi connectivity index (χ0n) is 12.9. The first-order chi connectivity index (χ1) is 10.3. The molecule has 0 bridgehead atoms. The van der Waals surface area contributed by atoms with E-state index >= 15 is 0 Å². The van der Waals surface area contributed by atoms with Crippen molar-refractivity contribution < 1.29 is 18.9 Å². The molecule has 0 aliphatic carbocycles. The standard InChI is InChI=1S/C16H25NO4/c1-3-20-14-6-4-5-7-15(14)21-11-9-17-12-16(18-2)8-10-19-13-16/h4-7,17H,3,8-13H2,1-2H3. The molecule has 0 saturated carbocycles. The monoisotopic (exact) mass is 295 g/mol. The summed E-state index contributed by atoms with van der Waals surface area (Å²) >= 11 is 0. The van der Waals surface area contributed by atoms with E-state index in [0.717, 1.165) is 37.6 Å². The van der Waals surface area contributed by atoms with Crippen molar-refractivity contribution in [3.63, 3.8) is 0 Å². The quantitative estimate of drug-likeness (QED) is 0.705. The van der Waals surface area contributed by atoms with Gasteiger partial charge in [0.25, 0.3) is 0 Å². The number of benzene rings is 1. The number of rotatable bonds is 9. The van der Waals surface area contributed by atoms with Crippen LogP contribution in [-0.4, -0.2) is 52.2 Å². The van der Waals surface area contributed by atoms with Crippen molar-refractivity contribution in [2.75, 3.05) is 46.6 Å². The van der Waals surface area contributed by atoms with Gasteiger partial charge >= 0.3 is 0 Å². The molecule has 0 aromatic heterocycles. The maximum atomic E-state index is 5.76. The van der Waals surface area contributed by atoms with Gasteiger partial charge in [-0.1, -0.05) is 12.1 Å². The first-order valence-electron chi connectivity index (χ1n) is 7.48. The molecule has 1 N–H and O–H groups in total. The Morgan fingerprint density at radius 2 is 2.00 bits per heavy atom. The second-order valence-corrected chi connectivity index (χ2v) is 5.09. The number of para-hydroxylation sites is 2. The van der Waals surface area contributed by atoms with Gasteiger partial charge in [-0.15, -0.1) is 0 Å². The molecule has 0 spiro atoms. The summed E-state index contributed by atoms with van der Waals surface area (Å²) in [4.78, 5) is 0. The van der Waals surface area contributed by atoms with Crippen molar-refractivity contribution in [3.8, 4) is 11.5 Å². The predicted octanol–water partition coefficient (Wildman–Crippen LogP) is 1.86. The zero-order chi connectivity index (χ0) is 15.0. The predicted molar refractivity (Wildman–Crippen MR) is 81.2 cm³/mol. The third-order valence-corrected chi connectivity index (χ3v) is 3.63. The molecule has 21 heavy (non-hydrogen) atoms. The minimum Gasteiger partial charge on any atom is -0.490 e. The van der Waals surface area contributed by atoms with Gasteiger partial charge in [0.15, 0.2) is 11.5 Å². The lowest BCUT2D eigenvalue weighted by Gasteiger charge is -2.26. The largest absolute Gasteiger partial charge is 0.490 e. The summed E-state index contributed by atoms with van der Waals surface area (Å²) in [6.45, 7) is 6.15. The Hall–Kier alpha value is -1.30. The van der Waals surface area contributed by atoms with E-state index in [1.165, 1.54) is 0 Å². The number of hydrogen-bond donors (Lipinski definition) is 1. The van der Waals surface area contributed by atoms with E-state index < -0.39 is 0 Å². The molecule has 118 valence electrons. The van der Waals surface area contributed by atoms with Gasteiger partial charge in [0.1, 0.15) is 12.2 Å². The highest BCUT2D eigenvalue weighted by atomic mass is 16.5. The molecule has 1 aliphatic heterocycles. The van der Waals surface area contributed by atoms with E-state index in [2.05, 4.69) is 5.32 Å². The van der Waals surface area contributed by atoms with Crippen LogP contribution in [0.3, 0.4) is 0 Å². The van der Waals surface area contributed by atoms with Crippen molar-refractivity contribution in [3.05, 3.63) is 24.3 Å². The number of methoxy groups -OCH3 is 1. The van der Waals surface area contributed by atoms with Gasteiger partial charge in [-0.05, 0) is 19.1 Å². The van der Waals surface area contributed by atoms with Gasteiger partial charge in [-0.2, -0.15) is 0 Å². The van der Waals surface area contributed by atoms with Crippen LogP contribution in [0.25, 0.3) is 0 Å². The summed E-state index contributed by atoms with van der Waals surface area (Å²) in [7, 11) is 1.74. The van der Waals surface area contributed by atoms with E-state index in [-0.39, 0.29) is 5.60 Å². The number of nitrogens with one attached hydrogen (secondary N) is 1. The van der Waals surface area contributed by atoms with E-state index in [9.17, 15) is 0 Å². The molecule has 5 nitrogen and oxygen atoms in total. The highest BCUT2D eigenvalue weighted by Gasteiger charge is 2.34. The molecule has 0 amide bonds. The smallest absolute Gasteiger partial charge is 0.161 e. The van der Waals surface area contributed by atoms with Gasteiger partial charge in [0.05, 0.1) is 13.2 Å². The molecule has 0 radical (unpaired) electrons. The second kappa shape index (κ2) is 8.22. The third-order valence-electron chi connectivity index (χ3n) is 3.63. The van der Waals surface area contributed by atoms with Crippen LogP contribution in [0.4, 0.5) is 0 Å². The average molecular weight is 295 g/mol. The minimum atomic E-state index is -0.177. The Balaban J connectivity index is 1.70. The van der Waals surface area contributed by atoms with E-state index in [1.54, 1.807) is 7.11 Å². The van der Waals surface area contributed by atoms with Gasteiger partial charge in [-0.25, -0.2) is 0 Å². The highest BCUT2D eigenvalue weighted by Crippen LogP contribution is 2.26. The van der Waals surface area contributed by atoms with E-state index in [1.807, 2.05) is 31.2 Å². The Morgan fingerprint density at radius 3 is 2.62 bits per heavy atom. The maximum absolute atomic E-state index is 5.76. The molecule has 1 fully saturated rings. The Bertz CT molecular complexity index is 418. The fraction of sp³-hybridized carbons (Fsp3) is 0.625. The minimum absolute atomic E-state index is 0.177. The van der Waals surface area contributed by atoms with Crippen LogP contribution in [0.15, 0.2) is 24.3 Å². The normalized spacial score (nSPS) is 21.4. The summed E-state index contributed by atoms with van der Waals surface area (Å²) < 4.78 is 22.3. The maximum Gasteiger partial charge on any atom is 0.161 e. The van der Waals surface area contributed by atoms with Crippen molar-refractivity contribution in [2.24, 2.45) is 0 Å². The molecule has 1 heterocycles. The van der Waals surface area contributed by atoms with Gasteiger partial charge in [0.2, 0.25) is 0 Å².